The molecule has 4 aromatic rings. The lowest BCUT2D eigenvalue weighted by Crippen LogP contribution is -2.28. The molecule has 0 bridgehead atoms. The van der Waals surface area contributed by atoms with Crippen LogP contribution in [0.15, 0.2) is 109 Å². The van der Waals surface area contributed by atoms with E-state index in [4.69, 9.17) is 9.47 Å². The molecule has 4 aromatic carbocycles. The standard InChI is InChI=1S/C47H64O2/c1-39(2)21-13-7-5-9-19-35-47(36-20-10-6-8-14-22-40(3)4,43-27-31-45(32-28-43)48-37-41-23-15-11-16-24-41)44-29-33-46(34-30-44)49-38-42-25-17-12-18-26-42/h11-12,15-18,23-34,39-40H,5-10,13-14,19-22,35-38H2,1-4H3. The third kappa shape index (κ3) is 13.7. The summed E-state index contributed by atoms with van der Waals surface area (Å²) < 4.78 is 12.5. The van der Waals surface area contributed by atoms with Gasteiger partial charge in [0.2, 0.25) is 0 Å². The Morgan fingerprint density at radius 1 is 0.408 bits per heavy atom. The van der Waals surface area contributed by atoms with Crippen LogP contribution in [0.4, 0.5) is 0 Å². The van der Waals surface area contributed by atoms with E-state index in [9.17, 15) is 0 Å². The van der Waals surface area contributed by atoms with Crippen molar-refractivity contribution in [2.24, 2.45) is 11.8 Å². The van der Waals surface area contributed by atoms with Crippen LogP contribution in [0.3, 0.4) is 0 Å². The molecular formula is C47H64O2. The lowest BCUT2D eigenvalue weighted by atomic mass is 9.68. The summed E-state index contributed by atoms with van der Waals surface area (Å²) in [4.78, 5) is 0. The van der Waals surface area contributed by atoms with Gasteiger partial charge in [0.05, 0.1) is 0 Å². The molecule has 0 aliphatic rings. The van der Waals surface area contributed by atoms with E-state index in [2.05, 4.69) is 137 Å². The van der Waals surface area contributed by atoms with Crippen molar-refractivity contribution in [3.63, 3.8) is 0 Å². The molecule has 0 unspecified atom stereocenters. The summed E-state index contributed by atoms with van der Waals surface area (Å²) in [6.45, 7) is 10.5. The monoisotopic (exact) mass is 660 g/mol. The van der Waals surface area contributed by atoms with Gasteiger partial charge < -0.3 is 9.47 Å². The average Bonchev–Trinajstić information content (AvgIpc) is 3.12. The van der Waals surface area contributed by atoms with Crippen LogP contribution in [0.1, 0.15) is 140 Å². The van der Waals surface area contributed by atoms with Gasteiger partial charge in [-0.1, -0.05) is 190 Å². The van der Waals surface area contributed by atoms with Crippen molar-refractivity contribution in [3.8, 4) is 11.5 Å². The fourth-order valence-corrected chi connectivity index (χ4v) is 7.11. The van der Waals surface area contributed by atoms with E-state index in [-0.39, 0.29) is 5.41 Å². The SMILES string of the molecule is CC(C)CCCCCCCC(CCCCCCCC(C)C)(c1ccc(OCc2ccccc2)cc1)c1ccc(OCc2ccccc2)cc1. The molecular weight excluding hydrogens is 597 g/mol. The second-order valence-corrected chi connectivity index (χ2v) is 15.1. The summed E-state index contributed by atoms with van der Waals surface area (Å²) in [6.07, 6.45) is 18.2. The van der Waals surface area contributed by atoms with E-state index in [1.54, 1.807) is 0 Å². The van der Waals surface area contributed by atoms with Crippen molar-refractivity contribution >= 4 is 0 Å². The highest BCUT2D eigenvalue weighted by molar-refractivity contribution is 5.43. The van der Waals surface area contributed by atoms with E-state index < -0.39 is 0 Å². The highest BCUT2D eigenvalue weighted by Crippen LogP contribution is 2.43. The van der Waals surface area contributed by atoms with Crippen LogP contribution >= 0.6 is 0 Å². The third-order valence-corrected chi connectivity index (χ3v) is 10.1. The Kier molecular flexibility index (Phi) is 16.8. The maximum atomic E-state index is 6.23. The number of hydrogen-bond donors (Lipinski definition) is 0. The topological polar surface area (TPSA) is 18.5 Å². The summed E-state index contributed by atoms with van der Waals surface area (Å²) in [5, 5.41) is 0. The first kappa shape index (κ1) is 38.3. The molecule has 0 saturated heterocycles. The van der Waals surface area contributed by atoms with Crippen molar-refractivity contribution in [2.45, 2.75) is 136 Å². The molecule has 0 spiro atoms. The summed E-state index contributed by atoms with van der Waals surface area (Å²) >= 11 is 0. The number of benzene rings is 4. The minimum Gasteiger partial charge on any atom is -0.489 e. The summed E-state index contributed by atoms with van der Waals surface area (Å²) in [5.74, 6) is 3.47. The molecule has 0 fully saturated rings. The smallest absolute Gasteiger partial charge is 0.119 e. The molecule has 0 radical (unpaired) electrons. The molecule has 0 aromatic heterocycles. The van der Waals surface area contributed by atoms with Gasteiger partial charge in [-0.3, -0.25) is 0 Å². The molecule has 0 N–H and O–H groups in total. The molecule has 264 valence electrons. The van der Waals surface area contributed by atoms with Crippen LogP contribution in [-0.2, 0) is 18.6 Å². The lowest BCUT2D eigenvalue weighted by Gasteiger charge is -2.36. The highest BCUT2D eigenvalue weighted by Gasteiger charge is 2.33. The van der Waals surface area contributed by atoms with Crippen molar-refractivity contribution in [3.05, 3.63) is 131 Å². The fraction of sp³-hybridized carbons (Fsp3) is 0.489. The number of ether oxygens (including phenoxy) is 2. The first-order valence-corrected chi connectivity index (χ1v) is 19.5. The largest absolute Gasteiger partial charge is 0.489 e. The van der Waals surface area contributed by atoms with Gasteiger partial charge in [-0.05, 0) is 71.2 Å². The van der Waals surface area contributed by atoms with Gasteiger partial charge in [0.25, 0.3) is 0 Å². The van der Waals surface area contributed by atoms with Crippen LogP contribution in [0, 0.1) is 11.8 Å². The van der Waals surface area contributed by atoms with Gasteiger partial charge in [0, 0.05) is 5.41 Å². The Balaban J connectivity index is 1.53. The van der Waals surface area contributed by atoms with Crippen LogP contribution in [0.5, 0.6) is 11.5 Å². The van der Waals surface area contributed by atoms with E-state index in [0.29, 0.717) is 13.2 Å². The minimum absolute atomic E-state index is 0.0359. The van der Waals surface area contributed by atoms with E-state index >= 15 is 0 Å². The Morgan fingerprint density at radius 3 is 1.12 bits per heavy atom. The quantitative estimate of drug-likeness (QED) is 0.0696. The van der Waals surface area contributed by atoms with E-state index in [1.807, 2.05) is 0 Å². The van der Waals surface area contributed by atoms with Crippen molar-refractivity contribution in [2.75, 3.05) is 0 Å². The highest BCUT2D eigenvalue weighted by atomic mass is 16.5. The van der Waals surface area contributed by atoms with Crippen molar-refractivity contribution in [1.82, 2.24) is 0 Å². The second-order valence-electron chi connectivity index (χ2n) is 15.1. The molecule has 49 heavy (non-hydrogen) atoms. The first-order chi connectivity index (χ1) is 23.9. The fourth-order valence-electron chi connectivity index (χ4n) is 7.11. The lowest BCUT2D eigenvalue weighted by molar-refractivity contribution is 0.305. The van der Waals surface area contributed by atoms with Crippen molar-refractivity contribution in [1.29, 1.82) is 0 Å². The van der Waals surface area contributed by atoms with E-state index in [1.165, 1.54) is 112 Å². The normalized spacial score (nSPS) is 11.7. The third-order valence-electron chi connectivity index (χ3n) is 10.1. The molecule has 0 saturated carbocycles. The predicted octanol–water partition coefficient (Wildman–Crippen LogP) is 13.9. The van der Waals surface area contributed by atoms with Gasteiger partial charge in [-0.2, -0.15) is 0 Å². The maximum absolute atomic E-state index is 6.23. The summed E-state index contributed by atoms with van der Waals surface area (Å²) in [6, 6.07) is 39.1. The Hall–Kier alpha value is -3.52. The second kappa shape index (κ2) is 21.5. The molecule has 0 aliphatic heterocycles. The number of unbranched alkanes of at least 4 members (excludes halogenated alkanes) is 8. The Bertz CT molecular complexity index is 1280. The van der Waals surface area contributed by atoms with Gasteiger partial charge in [0.1, 0.15) is 24.7 Å². The molecule has 0 aliphatic carbocycles. The zero-order chi connectivity index (χ0) is 34.6. The molecule has 0 heterocycles. The number of hydrogen-bond acceptors (Lipinski definition) is 2. The van der Waals surface area contributed by atoms with Crippen LogP contribution in [-0.4, -0.2) is 0 Å². The Morgan fingerprint density at radius 2 is 0.755 bits per heavy atom. The number of rotatable bonds is 24. The minimum atomic E-state index is -0.0359. The summed E-state index contributed by atoms with van der Waals surface area (Å²) in [7, 11) is 0. The molecule has 2 nitrogen and oxygen atoms in total. The van der Waals surface area contributed by atoms with Crippen molar-refractivity contribution < 1.29 is 9.47 Å². The van der Waals surface area contributed by atoms with Gasteiger partial charge in [-0.15, -0.1) is 0 Å². The molecule has 4 rings (SSSR count). The van der Waals surface area contributed by atoms with Crippen LogP contribution in [0.2, 0.25) is 0 Å². The zero-order valence-corrected chi connectivity index (χ0v) is 31.2. The molecule has 0 atom stereocenters. The first-order valence-electron chi connectivity index (χ1n) is 19.5. The van der Waals surface area contributed by atoms with E-state index in [0.717, 1.165) is 23.3 Å². The summed E-state index contributed by atoms with van der Waals surface area (Å²) in [5.41, 5.74) is 5.18. The maximum Gasteiger partial charge on any atom is 0.119 e. The zero-order valence-electron chi connectivity index (χ0n) is 31.2. The van der Waals surface area contributed by atoms with Gasteiger partial charge >= 0.3 is 0 Å². The molecule has 0 amide bonds. The van der Waals surface area contributed by atoms with Gasteiger partial charge in [-0.25, -0.2) is 0 Å². The average molecular weight is 661 g/mol. The Labute approximate surface area is 299 Å². The predicted molar refractivity (Wildman–Crippen MR) is 210 cm³/mol. The van der Waals surface area contributed by atoms with Crippen LogP contribution < -0.4 is 9.47 Å². The van der Waals surface area contributed by atoms with Gasteiger partial charge in [0.15, 0.2) is 0 Å². The molecule has 2 heteroatoms. The van der Waals surface area contributed by atoms with Crippen LogP contribution in [0.25, 0.3) is 0 Å².